The molecule has 0 saturated heterocycles. The van der Waals surface area contributed by atoms with Gasteiger partial charge in [0.15, 0.2) is 5.69 Å². The Morgan fingerprint density at radius 1 is 1.50 bits per heavy atom. The van der Waals surface area contributed by atoms with Gasteiger partial charge in [-0.1, -0.05) is 13.8 Å². The molecule has 1 fully saturated rings. The van der Waals surface area contributed by atoms with Gasteiger partial charge in [-0.05, 0) is 6.42 Å². The van der Waals surface area contributed by atoms with E-state index in [-0.39, 0.29) is 23.3 Å². The second-order valence-electron chi connectivity index (χ2n) is 5.07. The van der Waals surface area contributed by atoms with Crippen LogP contribution in [0.3, 0.4) is 0 Å². The SMILES string of the molecule is COC1CC(Nc2cnc(C(=O)O)cn2)C1(C)C. The Morgan fingerprint density at radius 2 is 2.22 bits per heavy atom. The maximum absolute atomic E-state index is 10.6. The molecule has 0 aliphatic heterocycles. The van der Waals surface area contributed by atoms with Crippen LogP contribution in [-0.2, 0) is 4.74 Å². The van der Waals surface area contributed by atoms with Crippen LogP contribution in [0.2, 0.25) is 0 Å². The molecule has 98 valence electrons. The first-order chi connectivity index (χ1) is 8.45. The van der Waals surface area contributed by atoms with Crippen molar-refractivity contribution in [3.8, 4) is 0 Å². The summed E-state index contributed by atoms with van der Waals surface area (Å²) in [4.78, 5) is 18.5. The summed E-state index contributed by atoms with van der Waals surface area (Å²) in [5.74, 6) is -0.481. The molecule has 1 saturated carbocycles. The minimum absolute atomic E-state index is 0.0297. The van der Waals surface area contributed by atoms with Crippen molar-refractivity contribution in [1.82, 2.24) is 9.97 Å². The van der Waals surface area contributed by atoms with E-state index in [0.717, 1.165) is 6.42 Å². The van der Waals surface area contributed by atoms with Crippen molar-refractivity contribution in [2.75, 3.05) is 12.4 Å². The minimum Gasteiger partial charge on any atom is -0.476 e. The Bertz CT molecular complexity index is 444. The third kappa shape index (κ3) is 2.15. The summed E-state index contributed by atoms with van der Waals surface area (Å²) in [5.41, 5.74) is -0.0229. The smallest absolute Gasteiger partial charge is 0.356 e. The van der Waals surface area contributed by atoms with Gasteiger partial charge in [-0.15, -0.1) is 0 Å². The van der Waals surface area contributed by atoms with E-state index in [0.29, 0.717) is 5.82 Å². The lowest BCUT2D eigenvalue weighted by molar-refractivity contribution is -0.0795. The summed E-state index contributed by atoms with van der Waals surface area (Å²) in [5, 5.41) is 12.0. The average molecular weight is 251 g/mol. The fourth-order valence-electron chi connectivity index (χ4n) is 2.22. The third-order valence-corrected chi connectivity index (χ3v) is 3.66. The number of rotatable bonds is 4. The zero-order valence-electron chi connectivity index (χ0n) is 10.7. The molecule has 6 heteroatoms. The lowest BCUT2D eigenvalue weighted by Gasteiger charge is -2.51. The van der Waals surface area contributed by atoms with Crippen molar-refractivity contribution < 1.29 is 14.6 Å². The lowest BCUT2D eigenvalue weighted by atomic mass is 9.64. The molecule has 0 amide bonds. The molecule has 2 unspecified atom stereocenters. The molecule has 1 aromatic rings. The number of aromatic nitrogens is 2. The predicted octanol–water partition coefficient (Wildman–Crippen LogP) is 1.40. The van der Waals surface area contributed by atoms with E-state index in [1.165, 1.54) is 12.4 Å². The largest absolute Gasteiger partial charge is 0.476 e. The topological polar surface area (TPSA) is 84.3 Å². The van der Waals surface area contributed by atoms with Crippen molar-refractivity contribution in [3.05, 3.63) is 18.1 Å². The Labute approximate surface area is 105 Å². The fourth-order valence-corrected chi connectivity index (χ4v) is 2.22. The molecule has 2 atom stereocenters. The van der Waals surface area contributed by atoms with Crippen LogP contribution in [0.25, 0.3) is 0 Å². The number of carbonyl (C=O) groups is 1. The van der Waals surface area contributed by atoms with Gasteiger partial charge in [0.05, 0.1) is 18.5 Å². The van der Waals surface area contributed by atoms with Gasteiger partial charge in [0.1, 0.15) is 5.82 Å². The fraction of sp³-hybridized carbons (Fsp3) is 0.583. The van der Waals surface area contributed by atoms with Gasteiger partial charge in [0.25, 0.3) is 0 Å². The second-order valence-corrected chi connectivity index (χ2v) is 5.07. The molecular formula is C12H17N3O3. The van der Waals surface area contributed by atoms with Crippen LogP contribution in [0.1, 0.15) is 30.8 Å². The molecule has 0 spiro atoms. The maximum Gasteiger partial charge on any atom is 0.356 e. The summed E-state index contributed by atoms with van der Waals surface area (Å²) < 4.78 is 5.37. The minimum atomic E-state index is -1.07. The van der Waals surface area contributed by atoms with Crippen molar-refractivity contribution >= 4 is 11.8 Å². The molecule has 0 bridgehead atoms. The number of methoxy groups -OCH3 is 1. The number of carboxylic acids is 1. The summed E-state index contributed by atoms with van der Waals surface area (Å²) >= 11 is 0. The number of anilines is 1. The highest BCUT2D eigenvalue weighted by Crippen LogP contribution is 2.43. The van der Waals surface area contributed by atoms with Crippen LogP contribution in [0, 0.1) is 5.41 Å². The molecule has 1 aliphatic carbocycles. The zero-order chi connectivity index (χ0) is 13.3. The first-order valence-electron chi connectivity index (χ1n) is 5.80. The van der Waals surface area contributed by atoms with Crippen molar-refractivity contribution in [1.29, 1.82) is 0 Å². The summed E-state index contributed by atoms with van der Waals surface area (Å²) in [7, 11) is 1.71. The zero-order valence-corrected chi connectivity index (χ0v) is 10.7. The number of hydrogen-bond donors (Lipinski definition) is 2. The highest BCUT2D eigenvalue weighted by molar-refractivity contribution is 5.84. The van der Waals surface area contributed by atoms with Gasteiger partial charge in [0.2, 0.25) is 0 Å². The van der Waals surface area contributed by atoms with E-state index in [4.69, 9.17) is 9.84 Å². The summed E-state index contributed by atoms with van der Waals surface area (Å²) in [6, 6.07) is 0.257. The second kappa shape index (κ2) is 4.53. The third-order valence-electron chi connectivity index (χ3n) is 3.66. The molecule has 18 heavy (non-hydrogen) atoms. The van der Waals surface area contributed by atoms with E-state index in [9.17, 15) is 4.79 Å². The molecular weight excluding hydrogens is 234 g/mol. The van der Waals surface area contributed by atoms with Gasteiger partial charge in [-0.3, -0.25) is 0 Å². The van der Waals surface area contributed by atoms with Crippen LogP contribution in [0.4, 0.5) is 5.82 Å². The van der Waals surface area contributed by atoms with Crippen molar-refractivity contribution in [2.24, 2.45) is 5.41 Å². The van der Waals surface area contributed by atoms with Crippen molar-refractivity contribution in [3.63, 3.8) is 0 Å². The number of hydrogen-bond acceptors (Lipinski definition) is 5. The lowest BCUT2D eigenvalue weighted by Crippen LogP contribution is -2.57. The van der Waals surface area contributed by atoms with E-state index in [1.54, 1.807) is 7.11 Å². The van der Waals surface area contributed by atoms with Gasteiger partial charge in [-0.25, -0.2) is 14.8 Å². The molecule has 1 aromatic heterocycles. The number of ether oxygens (including phenoxy) is 1. The molecule has 6 nitrogen and oxygen atoms in total. The Balaban J connectivity index is 2.01. The van der Waals surface area contributed by atoms with Crippen LogP contribution in [0.15, 0.2) is 12.4 Å². The normalized spacial score (nSPS) is 25.3. The first kappa shape index (κ1) is 12.8. The maximum atomic E-state index is 10.6. The molecule has 0 aromatic carbocycles. The standard InChI is InChI=1S/C12H17N3O3/c1-12(2)8(4-9(12)18-3)15-10-6-13-7(5-14-10)11(16)17/h5-6,8-9H,4H2,1-3H3,(H,14,15)(H,16,17). The van der Waals surface area contributed by atoms with Crippen LogP contribution in [-0.4, -0.2) is 40.3 Å². The predicted molar refractivity (Wildman–Crippen MR) is 65.6 cm³/mol. The van der Waals surface area contributed by atoms with E-state index in [2.05, 4.69) is 29.1 Å². The summed E-state index contributed by atoms with van der Waals surface area (Å²) in [6.07, 6.45) is 3.84. The summed E-state index contributed by atoms with van der Waals surface area (Å²) in [6.45, 7) is 4.25. The Morgan fingerprint density at radius 3 is 2.67 bits per heavy atom. The van der Waals surface area contributed by atoms with Gasteiger partial charge >= 0.3 is 5.97 Å². The highest BCUT2D eigenvalue weighted by Gasteiger charge is 2.48. The number of aromatic carboxylic acids is 1. The Hall–Kier alpha value is -1.69. The molecule has 2 N–H and O–H groups in total. The van der Waals surface area contributed by atoms with E-state index >= 15 is 0 Å². The van der Waals surface area contributed by atoms with Gasteiger partial charge < -0.3 is 15.2 Å². The monoisotopic (exact) mass is 251 g/mol. The Kier molecular flexibility index (Phi) is 3.21. The van der Waals surface area contributed by atoms with Crippen LogP contribution < -0.4 is 5.32 Å². The van der Waals surface area contributed by atoms with E-state index in [1.807, 2.05) is 0 Å². The molecule has 2 rings (SSSR count). The quantitative estimate of drug-likeness (QED) is 0.841. The highest BCUT2D eigenvalue weighted by atomic mass is 16.5. The average Bonchev–Trinajstić information content (AvgIpc) is 2.34. The van der Waals surface area contributed by atoms with Crippen molar-refractivity contribution in [2.45, 2.75) is 32.4 Å². The van der Waals surface area contributed by atoms with Gasteiger partial charge in [0, 0.05) is 18.6 Å². The van der Waals surface area contributed by atoms with Crippen LogP contribution in [0.5, 0.6) is 0 Å². The van der Waals surface area contributed by atoms with Gasteiger partial charge in [-0.2, -0.15) is 0 Å². The number of carboxylic acid groups (broad SMARTS) is 1. The molecule has 0 radical (unpaired) electrons. The number of nitrogens with zero attached hydrogens (tertiary/aromatic N) is 2. The first-order valence-corrected chi connectivity index (χ1v) is 5.80. The number of nitrogens with one attached hydrogen (secondary N) is 1. The van der Waals surface area contributed by atoms with E-state index < -0.39 is 5.97 Å². The molecule has 1 heterocycles. The molecule has 1 aliphatic rings. The van der Waals surface area contributed by atoms with Crippen LogP contribution >= 0.6 is 0 Å².